The Labute approximate surface area is 114 Å². The van der Waals surface area contributed by atoms with Crippen LogP contribution in [-0.4, -0.2) is 47.8 Å². The Bertz CT molecular complexity index is 416. The lowest BCUT2D eigenvalue weighted by atomic mass is 9.77. The molecule has 1 aliphatic carbocycles. The predicted octanol–water partition coefficient (Wildman–Crippen LogP) is -0.321. The molecular weight excluding hydrogens is 272 g/mol. The first-order valence-electron chi connectivity index (χ1n) is 5.79. The third-order valence-electron chi connectivity index (χ3n) is 3.16. The maximum absolute atomic E-state index is 11.1. The number of hydrogen-bond acceptors (Lipinski definition) is 6. The molecule has 8 heteroatoms. The van der Waals surface area contributed by atoms with Crippen molar-refractivity contribution in [1.82, 2.24) is 0 Å². The van der Waals surface area contributed by atoms with Gasteiger partial charge in [0.15, 0.2) is 0 Å². The van der Waals surface area contributed by atoms with Gasteiger partial charge in [-0.05, 0) is 6.42 Å². The van der Waals surface area contributed by atoms with Crippen molar-refractivity contribution in [2.24, 2.45) is 17.8 Å². The molecular formula is C12H14O8. The topological polar surface area (TPSA) is 127 Å². The molecule has 0 saturated carbocycles. The third-order valence-corrected chi connectivity index (χ3v) is 3.16. The van der Waals surface area contributed by atoms with E-state index in [1.54, 1.807) is 0 Å². The van der Waals surface area contributed by atoms with Gasteiger partial charge in [0.05, 0.1) is 11.8 Å². The average Bonchev–Trinajstić information content (AvgIpc) is 2.42. The lowest BCUT2D eigenvalue weighted by molar-refractivity contribution is -0.154. The number of carbonyl (C=O) groups excluding carboxylic acids is 2. The predicted molar refractivity (Wildman–Crippen MR) is 62.5 cm³/mol. The molecule has 0 aromatic heterocycles. The number of carbonyl (C=O) groups is 4. The van der Waals surface area contributed by atoms with Gasteiger partial charge in [0.2, 0.25) is 0 Å². The van der Waals surface area contributed by atoms with Crippen LogP contribution in [-0.2, 0) is 28.7 Å². The molecule has 1 aliphatic rings. The van der Waals surface area contributed by atoms with E-state index in [4.69, 9.17) is 14.9 Å². The Morgan fingerprint density at radius 2 is 1.90 bits per heavy atom. The van der Waals surface area contributed by atoms with Crippen molar-refractivity contribution in [1.29, 1.82) is 0 Å². The van der Waals surface area contributed by atoms with Gasteiger partial charge in [0, 0.05) is 5.92 Å². The van der Waals surface area contributed by atoms with E-state index in [9.17, 15) is 19.2 Å². The molecule has 4 atom stereocenters. The molecule has 0 amide bonds. The van der Waals surface area contributed by atoms with Crippen LogP contribution in [0.4, 0.5) is 0 Å². The molecule has 8 nitrogen and oxygen atoms in total. The van der Waals surface area contributed by atoms with E-state index in [1.807, 2.05) is 0 Å². The first-order chi connectivity index (χ1) is 9.51. The van der Waals surface area contributed by atoms with Crippen LogP contribution in [0.2, 0.25) is 0 Å². The lowest BCUT2D eigenvalue weighted by Crippen LogP contribution is -2.38. The summed E-state index contributed by atoms with van der Waals surface area (Å²) >= 11 is 0. The molecule has 2 N–H and O–H groups in total. The van der Waals surface area contributed by atoms with Crippen molar-refractivity contribution in [2.75, 3.05) is 6.61 Å². The van der Waals surface area contributed by atoms with Gasteiger partial charge in [-0.2, -0.15) is 0 Å². The fraction of sp³-hybridized carbons (Fsp3) is 0.500. The van der Waals surface area contributed by atoms with Crippen molar-refractivity contribution in [3.63, 3.8) is 0 Å². The molecule has 0 aliphatic heterocycles. The SMILES string of the molecule is O=COCC(OC=O)C1C=CC(C(=O)O)C(C(=O)O)C1. The van der Waals surface area contributed by atoms with Crippen LogP contribution in [0.5, 0.6) is 0 Å². The number of carboxylic acids is 2. The number of hydrogen-bond donors (Lipinski definition) is 2. The number of ether oxygens (including phenoxy) is 2. The normalized spacial score (nSPS) is 26.3. The highest BCUT2D eigenvalue weighted by Gasteiger charge is 2.39. The van der Waals surface area contributed by atoms with Crippen LogP contribution >= 0.6 is 0 Å². The Hall–Kier alpha value is -2.38. The van der Waals surface area contributed by atoms with Crippen LogP contribution in [0.3, 0.4) is 0 Å². The van der Waals surface area contributed by atoms with Crippen LogP contribution in [0, 0.1) is 17.8 Å². The van der Waals surface area contributed by atoms with Crippen LogP contribution in [0.1, 0.15) is 6.42 Å². The van der Waals surface area contributed by atoms with Crippen molar-refractivity contribution in [2.45, 2.75) is 12.5 Å². The fourth-order valence-electron chi connectivity index (χ4n) is 2.17. The summed E-state index contributed by atoms with van der Waals surface area (Å²) in [5, 5.41) is 18.0. The second-order valence-electron chi connectivity index (χ2n) is 4.29. The summed E-state index contributed by atoms with van der Waals surface area (Å²) in [5.41, 5.74) is 0. The quantitative estimate of drug-likeness (QED) is 0.459. The highest BCUT2D eigenvalue weighted by molar-refractivity contribution is 5.81. The molecule has 0 radical (unpaired) electrons. The zero-order valence-corrected chi connectivity index (χ0v) is 10.4. The van der Waals surface area contributed by atoms with Crippen LogP contribution < -0.4 is 0 Å². The summed E-state index contributed by atoms with van der Waals surface area (Å²) in [4.78, 5) is 42.6. The summed E-state index contributed by atoms with van der Waals surface area (Å²) in [6, 6.07) is 0. The summed E-state index contributed by atoms with van der Waals surface area (Å²) in [7, 11) is 0. The standard InChI is InChI=1S/C12H14O8/c13-5-19-4-10(20-6-14)7-1-2-8(11(15)16)9(3-7)12(17)18/h1-2,5-10H,3-4H2,(H,15,16)(H,17,18). The maximum Gasteiger partial charge on any atom is 0.311 e. The maximum atomic E-state index is 11.1. The monoisotopic (exact) mass is 286 g/mol. The Morgan fingerprint density at radius 1 is 1.20 bits per heavy atom. The summed E-state index contributed by atoms with van der Waals surface area (Å²) < 4.78 is 9.26. The van der Waals surface area contributed by atoms with E-state index in [2.05, 4.69) is 4.74 Å². The second kappa shape index (κ2) is 7.27. The van der Waals surface area contributed by atoms with E-state index < -0.39 is 35.8 Å². The van der Waals surface area contributed by atoms with Gasteiger partial charge in [-0.15, -0.1) is 0 Å². The Morgan fingerprint density at radius 3 is 2.40 bits per heavy atom. The number of aliphatic carboxylic acids is 2. The Balaban J connectivity index is 2.87. The van der Waals surface area contributed by atoms with E-state index in [-0.39, 0.29) is 26.0 Å². The second-order valence-corrected chi connectivity index (χ2v) is 4.29. The van der Waals surface area contributed by atoms with Gasteiger partial charge in [0.25, 0.3) is 12.9 Å². The van der Waals surface area contributed by atoms with Gasteiger partial charge in [-0.3, -0.25) is 19.2 Å². The fourth-order valence-corrected chi connectivity index (χ4v) is 2.17. The molecule has 0 aromatic rings. The Kier molecular flexibility index (Phi) is 5.70. The molecule has 1 rings (SSSR count). The zero-order chi connectivity index (χ0) is 15.1. The highest BCUT2D eigenvalue weighted by atomic mass is 16.6. The molecule has 0 spiro atoms. The van der Waals surface area contributed by atoms with Gasteiger partial charge in [-0.25, -0.2) is 0 Å². The van der Waals surface area contributed by atoms with E-state index in [1.165, 1.54) is 12.2 Å². The van der Waals surface area contributed by atoms with E-state index >= 15 is 0 Å². The average molecular weight is 286 g/mol. The molecule has 0 aromatic carbocycles. The minimum absolute atomic E-state index is 0.0243. The van der Waals surface area contributed by atoms with Crippen molar-refractivity contribution in [3.05, 3.63) is 12.2 Å². The molecule has 0 heterocycles. The minimum atomic E-state index is -1.24. The number of rotatable bonds is 8. The number of carboxylic acid groups (broad SMARTS) is 2. The van der Waals surface area contributed by atoms with Gasteiger partial charge in [0.1, 0.15) is 12.7 Å². The van der Waals surface area contributed by atoms with E-state index in [0.717, 1.165) is 0 Å². The summed E-state index contributed by atoms with van der Waals surface area (Å²) in [6.45, 7) is 0.134. The largest absolute Gasteiger partial charge is 0.481 e. The molecule has 0 bridgehead atoms. The highest BCUT2D eigenvalue weighted by Crippen LogP contribution is 2.31. The van der Waals surface area contributed by atoms with E-state index in [0.29, 0.717) is 0 Å². The first-order valence-corrected chi connectivity index (χ1v) is 5.79. The van der Waals surface area contributed by atoms with Crippen molar-refractivity contribution in [3.8, 4) is 0 Å². The molecule has 110 valence electrons. The van der Waals surface area contributed by atoms with Crippen molar-refractivity contribution < 1.29 is 38.9 Å². The van der Waals surface area contributed by atoms with Gasteiger partial charge in [-0.1, -0.05) is 12.2 Å². The zero-order valence-electron chi connectivity index (χ0n) is 10.4. The molecule has 4 unspecified atom stereocenters. The molecule has 0 saturated heterocycles. The van der Waals surface area contributed by atoms with Gasteiger partial charge < -0.3 is 19.7 Å². The third kappa shape index (κ3) is 3.81. The van der Waals surface area contributed by atoms with Crippen LogP contribution in [0.25, 0.3) is 0 Å². The van der Waals surface area contributed by atoms with Gasteiger partial charge >= 0.3 is 11.9 Å². The summed E-state index contributed by atoms with van der Waals surface area (Å²) in [5.74, 6) is -5.27. The first kappa shape index (κ1) is 15.7. The molecule has 20 heavy (non-hydrogen) atoms. The lowest BCUT2D eigenvalue weighted by Gasteiger charge is -2.30. The van der Waals surface area contributed by atoms with Crippen molar-refractivity contribution >= 4 is 24.9 Å². The summed E-state index contributed by atoms with van der Waals surface area (Å²) in [6.07, 6.45) is 1.87. The molecule has 0 fully saturated rings. The minimum Gasteiger partial charge on any atom is -0.481 e. The smallest absolute Gasteiger partial charge is 0.311 e. The van der Waals surface area contributed by atoms with Crippen LogP contribution in [0.15, 0.2) is 12.2 Å².